The van der Waals surface area contributed by atoms with E-state index in [2.05, 4.69) is 5.32 Å². The number of hydrogen-bond donors (Lipinski definition) is 1. The first-order chi connectivity index (χ1) is 12.7. The van der Waals surface area contributed by atoms with Crippen molar-refractivity contribution in [3.05, 3.63) is 64.7 Å². The molecule has 6 heteroatoms. The average molecular weight is 366 g/mol. The standard InChI is InChI=1S/C21H22N2O4/c1-13-5-8-16(9-6-13)21(4)19(25)23(20(26)22-21)12-18(24)27-17-10-7-14(2)15(3)11-17/h5-11H,12H2,1-4H3,(H,22,26)/t21-/m1/s1. The average Bonchev–Trinajstić information content (AvgIpc) is 2.83. The van der Waals surface area contributed by atoms with Gasteiger partial charge in [-0.15, -0.1) is 0 Å². The third kappa shape index (κ3) is 3.56. The number of hydrogen-bond acceptors (Lipinski definition) is 4. The highest BCUT2D eigenvalue weighted by molar-refractivity contribution is 6.08. The largest absolute Gasteiger partial charge is 0.425 e. The second-order valence-electron chi connectivity index (χ2n) is 7.03. The summed E-state index contributed by atoms with van der Waals surface area (Å²) in [6.07, 6.45) is 0. The van der Waals surface area contributed by atoms with E-state index in [9.17, 15) is 14.4 Å². The van der Waals surface area contributed by atoms with Crippen molar-refractivity contribution in [2.24, 2.45) is 0 Å². The van der Waals surface area contributed by atoms with Gasteiger partial charge in [-0.2, -0.15) is 0 Å². The van der Waals surface area contributed by atoms with Crippen LogP contribution in [-0.4, -0.2) is 29.4 Å². The van der Waals surface area contributed by atoms with Crippen LogP contribution < -0.4 is 10.1 Å². The van der Waals surface area contributed by atoms with E-state index in [1.807, 2.05) is 39.0 Å². The third-order valence-electron chi connectivity index (χ3n) is 4.90. The number of imide groups is 1. The molecule has 0 saturated carbocycles. The lowest BCUT2D eigenvalue weighted by Gasteiger charge is -2.22. The molecule has 27 heavy (non-hydrogen) atoms. The Hall–Kier alpha value is -3.15. The number of urea groups is 1. The van der Waals surface area contributed by atoms with Gasteiger partial charge >= 0.3 is 12.0 Å². The van der Waals surface area contributed by atoms with Gasteiger partial charge in [0.15, 0.2) is 0 Å². The number of amides is 3. The van der Waals surface area contributed by atoms with Crippen LogP contribution in [0.5, 0.6) is 5.75 Å². The molecule has 2 aromatic rings. The van der Waals surface area contributed by atoms with Gasteiger partial charge in [0.05, 0.1) is 0 Å². The summed E-state index contributed by atoms with van der Waals surface area (Å²) in [5, 5.41) is 2.68. The summed E-state index contributed by atoms with van der Waals surface area (Å²) in [7, 11) is 0. The Bertz CT molecular complexity index is 920. The normalized spacial score (nSPS) is 19.2. The van der Waals surface area contributed by atoms with Crippen LogP contribution in [0.2, 0.25) is 0 Å². The Balaban J connectivity index is 1.74. The van der Waals surface area contributed by atoms with Gasteiger partial charge in [0.1, 0.15) is 17.8 Å². The summed E-state index contributed by atoms with van der Waals surface area (Å²) in [6.45, 7) is 7.00. The quantitative estimate of drug-likeness (QED) is 0.513. The molecule has 6 nitrogen and oxygen atoms in total. The number of ether oxygens (including phenoxy) is 1. The highest BCUT2D eigenvalue weighted by Gasteiger charge is 2.49. The van der Waals surface area contributed by atoms with Crippen LogP contribution in [0, 0.1) is 20.8 Å². The number of nitrogens with one attached hydrogen (secondary N) is 1. The van der Waals surface area contributed by atoms with Crippen molar-refractivity contribution in [2.75, 3.05) is 6.54 Å². The predicted octanol–water partition coefficient (Wildman–Crippen LogP) is 2.98. The maximum absolute atomic E-state index is 12.8. The molecule has 2 aromatic carbocycles. The van der Waals surface area contributed by atoms with E-state index in [-0.39, 0.29) is 0 Å². The second-order valence-corrected chi connectivity index (χ2v) is 7.03. The fourth-order valence-electron chi connectivity index (χ4n) is 2.99. The molecule has 1 saturated heterocycles. The minimum Gasteiger partial charge on any atom is -0.425 e. The number of aryl methyl sites for hydroxylation is 3. The molecule has 140 valence electrons. The van der Waals surface area contributed by atoms with Gasteiger partial charge in [-0.1, -0.05) is 35.9 Å². The fourth-order valence-corrected chi connectivity index (χ4v) is 2.99. The van der Waals surface area contributed by atoms with E-state index in [0.29, 0.717) is 11.3 Å². The molecule has 3 amide bonds. The van der Waals surface area contributed by atoms with Gasteiger partial charge < -0.3 is 10.1 Å². The van der Waals surface area contributed by atoms with Crippen molar-refractivity contribution in [3.8, 4) is 5.75 Å². The summed E-state index contributed by atoms with van der Waals surface area (Å²) >= 11 is 0. The summed E-state index contributed by atoms with van der Waals surface area (Å²) < 4.78 is 5.29. The molecule has 1 aliphatic heterocycles. The monoisotopic (exact) mass is 366 g/mol. The van der Waals surface area contributed by atoms with Gasteiger partial charge in [0.2, 0.25) is 0 Å². The van der Waals surface area contributed by atoms with Crippen LogP contribution in [-0.2, 0) is 15.1 Å². The zero-order chi connectivity index (χ0) is 19.8. The topological polar surface area (TPSA) is 75.7 Å². The molecule has 0 unspecified atom stereocenters. The molecule has 0 spiro atoms. The zero-order valence-electron chi connectivity index (χ0n) is 15.8. The first-order valence-corrected chi connectivity index (χ1v) is 8.70. The minimum atomic E-state index is -1.20. The van der Waals surface area contributed by atoms with Crippen LogP contribution in [0.15, 0.2) is 42.5 Å². The second kappa shape index (κ2) is 6.87. The minimum absolute atomic E-state index is 0.386. The number of carbonyl (C=O) groups is 3. The van der Waals surface area contributed by atoms with Crippen molar-refractivity contribution in [1.82, 2.24) is 10.2 Å². The Morgan fingerprint density at radius 1 is 1.04 bits per heavy atom. The van der Waals surface area contributed by atoms with Crippen LogP contribution in [0.4, 0.5) is 4.79 Å². The van der Waals surface area contributed by atoms with E-state index in [0.717, 1.165) is 21.6 Å². The number of benzene rings is 2. The van der Waals surface area contributed by atoms with Crippen LogP contribution in [0.25, 0.3) is 0 Å². The van der Waals surface area contributed by atoms with Gasteiger partial charge in [-0.3, -0.25) is 9.69 Å². The first kappa shape index (κ1) is 18.6. The summed E-state index contributed by atoms with van der Waals surface area (Å²) in [4.78, 5) is 38.3. The lowest BCUT2D eigenvalue weighted by atomic mass is 9.91. The smallest absolute Gasteiger partial charge is 0.331 e. The van der Waals surface area contributed by atoms with Crippen LogP contribution in [0.3, 0.4) is 0 Å². The number of carbonyl (C=O) groups excluding carboxylic acids is 3. The number of esters is 1. The molecule has 0 radical (unpaired) electrons. The van der Waals surface area contributed by atoms with Gasteiger partial charge in [-0.05, 0) is 56.5 Å². The lowest BCUT2D eigenvalue weighted by Crippen LogP contribution is -2.41. The van der Waals surface area contributed by atoms with Crippen LogP contribution in [0.1, 0.15) is 29.2 Å². The molecule has 1 aliphatic rings. The Labute approximate surface area is 158 Å². The summed E-state index contributed by atoms with van der Waals surface area (Å²) in [5.74, 6) is -0.764. The highest BCUT2D eigenvalue weighted by Crippen LogP contribution is 2.29. The molecular weight excluding hydrogens is 344 g/mol. The van der Waals surface area contributed by atoms with E-state index in [4.69, 9.17) is 4.74 Å². The van der Waals surface area contributed by atoms with E-state index in [1.54, 1.807) is 31.2 Å². The first-order valence-electron chi connectivity index (χ1n) is 8.70. The zero-order valence-corrected chi connectivity index (χ0v) is 15.8. The molecule has 1 N–H and O–H groups in total. The molecule has 0 bridgehead atoms. The maximum Gasteiger partial charge on any atom is 0.331 e. The van der Waals surface area contributed by atoms with Crippen molar-refractivity contribution < 1.29 is 19.1 Å². The Kier molecular flexibility index (Phi) is 4.74. The van der Waals surface area contributed by atoms with Gasteiger partial charge in [-0.25, -0.2) is 9.59 Å². The lowest BCUT2D eigenvalue weighted by molar-refractivity contribution is -0.140. The molecule has 0 aliphatic carbocycles. The Morgan fingerprint density at radius 2 is 1.70 bits per heavy atom. The van der Waals surface area contributed by atoms with E-state index in [1.165, 1.54) is 0 Å². The van der Waals surface area contributed by atoms with Crippen molar-refractivity contribution in [3.63, 3.8) is 0 Å². The molecular formula is C21H22N2O4. The fraction of sp³-hybridized carbons (Fsp3) is 0.286. The van der Waals surface area contributed by atoms with Crippen LogP contribution >= 0.6 is 0 Å². The van der Waals surface area contributed by atoms with Crippen molar-refractivity contribution in [2.45, 2.75) is 33.2 Å². The van der Waals surface area contributed by atoms with E-state index >= 15 is 0 Å². The molecule has 1 fully saturated rings. The molecule has 0 aromatic heterocycles. The van der Waals surface area contributed by atoms with Gasteiger partial charge in [0.25, 0.3) is 5.91 Å². The number of nitrogens with zero attached hydrogens (tertiary/aromatic N) is 1. The third-order valence-corrected chi connectivity index (χ3v) is 4.90. The maximum atomic E-state index is 12.8. The predicted molar refractivity (Wildman–Crippen MR) is 100 cm³/mol. The van der Waals surface area contributed by atoms with E-state index < -0.39 is 30.0 Å². The van der Waals surface area contributed by atoms with Crippen molar-refractivity contribution in [1.29, 1.82) is 0 Å². The summed E-state index contributed by atoms with van der Waals surface area (Å²) in [5.41, 5.74) is 2.58. The molecule has 3 rings (SSSR count). The number of rotatable bonds is 4. The molecule has 1 atom stereocenters. The SMILES string of the molecule is Cc1ccc([C@@]2(C)NC(=O)N(CC(=O)Oc3ccc(C)c(C)c3)C2=O)cc1. The highest BCUT2D eigenvalue weighted by atomic mass is 16.5. The van der Waals surface area contributed by atoms with Gasteiger partial charge in [0, 0.05) is 0 Å². The summed E-state index contributed by atoms with van der Waals surface area (Å²) in [6, 6.07) is 12.0. The molecule has 1 heterocycles. The van der Waals surface area contributed by atoms with Crippen molar-refractivity contribution >= 4 is 17.9 Å². The Morgan fingerprint density at radius 3 is 2.33 bits per heavy atom.